The van der Waals surface area contributed by atoms with Crippen molar-refractivity contribution in [1.29, 1.82) is 0 Å². The van der Waals surface area contributed by atoms with Crippen LogP contribution in [0.2, 0.25) is 5.02 Å². The van der Waals surface area contributed by atoms with E-state index >= 15 is 0 Å². The highest BCUT2D eigenvalue weighted by Gasteiger charge is 2.24. The van der Waals surface area contributed by atoms with Gasteiger partial charge in [-0.2, -0.15) is 0 Å². The van der Waals surface area contributed by atoms with E-state index in [-0.39, 0.29) is 56.8 Å². The summed E-state index contributed by atoms with van der Waals surface area (Å²) in [6, 6.07) is 9.03. The number of hydrogen-bond donors (Lipinski definition) is 4. The Morgan fingerprint density at radius 2 is 1.80 bits per heavy atom. The molecule has 0 saturated carbocycles. The first-order chi connectivity index (χ1) is 21.9. The number of fused-ring (bicyclic) bond motifs is 3. The minimum atomic E-state index is -0.861. The van der Waals surface area contributed by atoms with Crippen molar-refractivity contribution in [2.45, 2.75) is 31.7 Å². The lowest BCUT2D eigenvalue weighted by molar-refractivity contribution is -0.135. The van der Waals surface area contributed by atoms with Crippen LogP contribution in [0.25, 0.3) is 0 Å². The van der Waals surface area contributed by atoms with Gasteiger partial charge in [-0.15, -0.1) is 0 Å². The summed E-state index contributed by atoms with van der Waals surface area (Å²) in [7, 11) is 0. The molecule has 13 nitrogen and oxygen atoms in total. The number of ether oxygens (including phenoxy) is 3. The Kier molecular flexibility index (Phi) is 10.7. The van der Waals surface area contributed by atoms with Gasteiger partial charge in [0.25, 0.3) is 5.91 Å². The molecule has 0 unspecified atom stereocenters. The maximum Gasteiger partial charge on any atom is 0.252 e. The fourth-order valence-electron chi connectivity index (χ4n) is 4.95. The van der Waals surface area contributed by atoms with Crippen molar-refractivity contribution in [3.63, 3.8) is 0 Å². The highest BCUT2D eigenvalue weighted by atomic mass is 35.5. The molecule has 1 atom stereocenters. The molecule has 0 saturated heterocycles. The number of amides is 4. The number of benzene rings is 2. The zero-order chi connectivity index (χ0) is 31.6. The van der Waals surface area contributed by atoms with Gasteiger partial charge < -0.3 is 40.0 Å². The first-order valence-corrected chi connectivity index (χ1v) is 15.1. The topological polar surface area (TPSA) is 164 Å². The van der Waals surface area contributed by atoms with E-state index in [1.807, 2.05) is 0 Å². The molecule has 4 N–H and O–H groups in total. The van der Waals surface area contributed by atoms with Crippen molar-refractivity contribution in [2.24, 2.45) is 0 Å². The van der Waals surface area contributed by atoms with Crippen LogP contribution >= 0.6 is 11.6 Å². The maximum absolute atomic E-state index is 13.4. The Labute approximate surface area is 265 Å². The lowest BCUT2D eigenvalue weighted by Gasteiger charge is -2.24. The van der Waals surface area contributed by atoms with E-state index in [2.05, 4.69) is 25.9 Å². The van der Waals surface area contributed by atoms with Crippen molar-refractivity contribution >= 4 is 35.2 Å². The fourth-order valence-corrected chi connectivity index (χ4v) is 5.17. The first-order valence-electron chi connectivity index (χ1n) is 14.8. The van der Waals surface area contributed by atoms with Crippen LogP contribution in [0.3, 0.4) is 0 Å². The van der Waals surface area contributed by atoms with Crippen LogP contribution in [0.1, 0.15) is 34.5 Å². The Hall–Kier alpha value is -4.78. The van der Waals surface area contributed by atoms with E-state index in [0.29, 0.717) is 71.7 Å². The number of H-pyrrole nitrogens is 1. The van der Waals surface area contributed by atoms with Crippen LogP contribution in [-0.2, 0) is 27.2 Å². The van der Waals surface area contributed by atoms with Gasteiger partial charge in [0.15, 0.2) is 11.5 Å². The lowest BCUT2D eigenvalue weighted by Crippen LogP contribution is -2.48. The number of carbonyl (C=O) groups is 4. The van der Waals surface area contributed by atoms with Crippen molar-refractivity contribution in [2.75, 3.05) is 46.0 Å². The van der Waals surface area contributed by atoms with Gasteiger partial charge >= 0.3 is 0 Å². The van der Waals surface area contributed by atoms with E-state index in [4.69, 9.17) is 25.8 Å². The first kappa shape index (κ1) is 31.6. The Morgan fingerprint density at radius 3 is 2.60 bits per heavy atom. The Balaban J connectivity index is 1.28. The summed E-state index contributed by atoms with van der Waals surface area (Å²) in [6.45, 7) is 1.57. The number of hydrogen-bond acceptors (Lipinski definition) is 8. The molecule has 0 fully saturated rings. The third-order valence-corrected chi connectivity index (χ3v) is 7.64. The van der Waals surface area contributed by atoms with E-state index < -0.39 is 11.9 Å². The van der Waals surface area contributed by atoms with Crippen molar-refractivity contribution in [3.05, 3.63) is 70.8 Å². The normalized spacial score (nSPS) is 18.3. The number of nitrogens with zero attached hydrogens (tertiary/aromatic N) is 2. The second-order valence-corrected chi connectivity index (χ2v) is 11.0. The van der Waals surface area contributed by atoms with E-state index in [9.17, 15) is 19.2 Å². The van der Waals surface area contributed by atoms with E-state index in [1.54, 1.807) is 42.6 Å². The van der Waals surface area contributed by atoms with Crippen LogP contribution < -0.4 is 30.2 Å². The molecule has 2 bridgehead atoms. The van der Waals surface area contributed by atoms with Gasteiger partial charge in [-0.3, -0.25) is 19.2 Å². The number of carbonyl (C=O) groups excluding carboxylic acids is 4. The predicted octanol–water partition coefficient (Wildman–Crippen LogP) is 1.65. The van der Waals surface area contributed by atoms with Gasteiger partial charge in [0.05, 0.1) is 25.8 Å². The third kappa shape index (κ3) is 8.88. The Morgan fingerprint density at radius 1 is 0.978 bits per heavy atom. The molecule has 5 rings (SSSR count). The number of aromatic amines is 1. The fraction of sp³-hybridized carbons (Fsp3) is 0.387. The highest BCUT2D eigenvalue weighted by molar-refractivity contribution is 6.31. The monoisotopic (exact) mass is 638 g/mol. The molecule has 1 aromatic heterocycles. The third-order valence-electron chi connectivity index (χ3n) is 7.28. The molecule has 2 aliphatic rings. The standard InChI is InChI=1S/C31H35ClN6O7/c32-24-16-27-26(44-10-11-45-27)13-21(24)14-29(40)38-8-2-1-6-35-31(42)25(15-22-17-33-19-36-22)37-30(41)20-4-3-5-23(12-20)43-9-7-34-28(39)18-38/h3-5,12-13,16-17,19,25H,1-2,6-11,14-15,18H2,(H,33,36)(H,34,39)(H,35,42)(H,37,41)/t25-/m0/s1. The van der Waals surface area contributed by atoms with Crippen molar-refractivity contribution in [3.8, 4) is 17.2 Å². The second kappa shape index (κ2) is 15.3. The van der Waals surface area contributed by atoms with Crippen LogP contribution in [0.5, 0.6) is 17.2 Å². The molecule has 2 aliphatic heterocycles. The average Bonchev–Trinajstić information content (AvgIpc) is 3.55. The maximum atomic E-state index is 13.4. The minimum Gasteiger partial charge on any atom is -0.492 e. The largest absolute Gasteiger partial charge is 0.492 e. The zero-order valence-corrected chi connectivity index (χ0v) is 25.4. The molecule has 4 amide bonds. The molecule has 3 heterocycles. The molecule has 45 heavy (non-hydrogen) atoms. The number of halogens is 1. The van der Waals surface area contributed by atoms with Gasteiger partial charge in [0.1, 0.15) is 31.6 Å². The number of aromatic nitrogens is 2. The summed E-state index contributed by atoms with van der Waals surface area (Å²) in [5.41, 5.74) is 1.58. The van der Waals surface area contributed by atoms with Crippen molar-refractivity contribution in [1.82, 2.24) is 30.8 Å². The molecule has 14 heteroatoms. The van der Waals surface area contributed by atoms with Gasteiger partial charge in [-0.25, -0.2) is 4.98 Å². The van der Waals surface area contributed by atoms with E-state index in [1.165, 1.54) is 11.2 Å². The molecule has 0 aliphatic carbocycles. The average molecular weight is 639 g/mol. The van der Waals surface area contributed by atoms with E-state index in [0.717, 1.165) is 0 Å². The summed E-state index contributed by atoms with van der Waals surface area (Å²) in [5, 5.41) is 8.84. The summed E-state index contributed by atoms with van der Waals surface area (Å²) in [4.78, 5) is 61.0. The molecule has 0 spiro atoms. The molecule has 2 aromatic carbocycles. The predicted molar refractivity (Wildman–Crippen MR) is 163 cm³/mol. The summed E-state index contributed by atoms with van der Waals surface area (Å²) < 4.78 is 17.0. The SMILES string of the molecule is O=C1CN(C(=O)Cc2cc3c(cc2Cl)OCCO3)CCCCNC(=O)[C@H](Cc2cnc[nH]2)NC(=O)c2cccc(c2)OCCN1. The van der Waals surface area contributed by atoms with Gasteiger partial charge in [-0.05, 0) is 42.7 Å². The van der Waals surface area contributed by atoms with Gasteiger partial charge in [0.2, 0.25) is 17.7 Å². The van der Waals surface area contributed by atoms with Crippen molar-refractivity contribution < 1.29 is 33.4 Å². The van der Waals surface area contributed by atoms with Crippen LogP contribution in [-0.4, -0.2) is 90.5 Å². The summed E-state index contributed by atoms with van der Waals surface area (Å²) in [6.07, 6.45) is 4.33. The Bertz CT molecular complexity index is 1520. The molecule has 0 radical (unpaired) electrons. The molecular formula is C31H35ClN6O7. The molecule has 3 aromatic rings. The quantitative estimate of drug-likeness (QED) is 0.335. The highest BCUT2D eigenvalue weighted by Crippen LogP contribution is 2.35. The smallest absolute Gasteiger partial charge is 0.252 e. The summed E-state index contributed by atoms with van der Waals surface area (Å²) >= 11 is 6.45. The molecular weight excluding hydrogens is 604 g/mol. The van der Waals surface area contributed by atoms with Crippen LogP contribution in [0.15, 0.2) is 48.9 Å². The molecule has 238 valence electrons. The number of rotatable bonds is 4. The van der Waals surface area contributed by atoms with Crippen LogP contribution in [0.4, 0.5) is 0 Å². The number of nitrogens with one attached hydrogen (secondary N) is 4. The number of imidazole rings is 1. The summed E-state index contributed by atoms with van der Waals surface area (Å²) in [5.74, 6) is 0.0524. The lowest BCUT2D eigenvalue weighted by atomic mass is 10.1. The minimum absolute atomic E-state index is 0.0338. The van der Waals surface area contributed by atoms with Gasteiger partial charge in [0, 0.05) is 48.1 Å². The second-order valence-electron chi connectivity index (χ2n) is 10.6. The van der Waals surface area contributed by atoms with Crippen LogP contribution in [0, 0.1) is 0 Å². The zero-order valence-electron chi connectivity index (χ0n) is 24.6. The van der Waals surface area contributed by atoms with Gasteiger partial charge in [-0.1, -0.05) is 17.7 Å².